The van der Waals surface area contributed by atoms with Crippen LogP contribution in [0.2, 0.25) is 0 Å². The maximum Gasteiger partial charge on any atom is 0.188 e. The molecule has 7 aromatic carbocycles. The topological polar surface area (TPSA) is 13.6 Å². The Kier molecular flexibility index (Phi) is 7.27. The van der Waals surface area contributed by atoms with Gasteiger partial charge in [-0.3, -0.25) is 0 Å². The molecule has 0 amide bonds. The average Bonchev–Trinajstić information content (AvgIpc) is 3.50. The van der Waals surface area contributed by atoms with Gasteiger partial charge in [-0.2, -0.15) is 0 Å². The third-order valence-electron chi connectivity index (χ3n) is 9.39. The number of fused-ring (bicyclic) bond motifs is 3. The van der Waals surface area contributed by atoms with Crippen LogP contribution in [-0.4, -0.2) is 12.6 Å². The highest BCUT2D eigenvalue weighted by atomic mass is 28.3. The van der Waals surface area contributed by atoms with Crippen molar-refractivity contribution in [1.82, 2.24) is 4.57 Å². The van der Waals surface area contributed by atoms with Crippen LogP contribution >= 0.6 is 0 Å². The van der Waals surface area contributed by atoms with E-state index in [0.717, 1.165) is 33.1 Å². The van der Waals surface area contributed by atoms with Crippen molar-refractivity contribution in [3.8, 4) is 16.8 Å². The minimum atomic E-state index is -2.94. The molecule has 1 aromatic heterocycles. The highest BCUT2D eigenvalue weighted by molar-refractivity contribution is 7.20. The summed E-state index contributed by atoms with van der Waals surface area (Å²) >= 11 is 0. The van der Waals surface area contributed by atoms with Crippen LogP contribution in [0.3, 0.4) is 0 Å². The van der Waals surface area contributed by atoms with Gasteiger partial charge < -0.3 is 4.57 Å². The summed E-state index contributed by atoms with van der Waals surface area (Å²) in [5.74, 6) is 0. The van der Waals surface area contributed by atoms with Gasteiger partial charge in [0, 0.05) is 10.9 Å². The van der Waals surface area contributed by atoms with Gasteiger partial charge in [0.05, 0.1) is 29.9 Å². The third-order valence-corrected chi connectivity index (χ3v) is 14.2. The molecule has 0 unspecified atom stereocenters. The molecule has 0 bridgehead atoms. The lowest BCUT2D eigenvalue weighted by Gasteiger charge is -2.36. The summed E-state index contributed by atoms with van der Waals surface area (Å²) in [6.07, 6.45) is 0. The van der Waals surface area contributed by atoms with Crippen molar-refractivity contribution < 1.29 is 0 Å². The van der Waals surface area contributed by atoms with Crippen LogP contribution in [0.4, 0.5) is 11.4 Å². The van der Waals surface area contributed by atoms with Crippen LogP contribution in [-0.2, 0) is 0 Å². The Labute approximate surface area is 281 Å². The van der Waals surface area contributed by atoms with Crippen LogP contribution in [0.25, 0.3) is 48.3 Å². The largest absolute Gasteiger partial charge is 0.309 e. The van der Waals surface area contributed by atoms with Crippen LogP contribution < -0.4 is 20.7 Å². The number of hydrogen-bond acceptors (Lipinski definition) is 0. The van der Waals surface area contributed by atoms with Gasteiger partial charge in [0.25, 0.3) is 0 Å². The molecule has 0 aliphatic carbocycles. The predicted octanol–water partition coefficient (Wildman–Crippen LogP) is 8.93. The van der Waals surface area contributed by atoms with Crippen LogP contribution in [0, 0.1) is 13.1 Å². The van der Waals surface area contributed by atoms with E-state index in [-0.39, 0.29) is 0 Å². The van der Waals surface area contributed by atoms with E-state index in [9.17, 15) is 0 Å². The smallest absolute Gasteiger partial charge is 0.188 e. The second kappa shape index (κ2) is 12.0. The maximum atomic E-state index is 7.67. The van der Waals surface area contributed by atoms with Crippen molar-refractivity contribution in [1.29, 1.82) is 0 Å². The molecule has 0 saturated heterocycles. The quantitative estimate of drug-likeness (QED) is 0.0993. The van der Waals surface area contributed by atoms with Gasteiger partial charge >= 0.3 is 0 Å². The van der Waals surface area contributed by atoms with Crippen LogP contribution in [0.15, 0.2) is 176 Å². The highest BCUT2D eigenvalue weighted by Crippen LogP contribution is 2.37. The van der Waals surface area contributed by atoms with E-state index in [4.69, 9.17) is 13.1 Å². The maximum absolute atomic E-state index is 7.67. The molecule has 48 heavy (non-hydrogen) atoms. The van der Waals surface area contributed by atoms with E-state index < -0.39 is 8.07 Å². The second-order valence-corrected chi connectivity index (χ2v) is 15.6. The summed E-state index contributed by atoms with van der Waals surface area (Å²) in [6.45, 7) is 15.3. The Bertz CT molecular complexity index is 2480. The zero-order chi connectivity index (χ0) is 32.5. The summed E-state index contributed by atoms with van der Waals surface area (Å²) in [6, 6.07) is 62.1. The first-order chi connectivity index (χ1) is 23.7. The first-order valence-electron chi connectivity index (χ1n) is 15.9. The van der Waals surface area contributed by atoms with E-state index in [1.54, 1.807) is 0 Å². The van der Waals surface area contributed by atoms with Crippen molar-refractivity contribution in [2.45, 2.75) is 0 Å². The first-order valence-corrected chi connectivity index (χ1v) is 17.9. The van der Waals surface area contributed by atoms with Gasteiger partial charge in [-0.1, -0.05) is 152 Å². The van der Waals surface area contributed by atoms with E-state index in [2.05, 4.69) is 166 Å². The molecule has 0 aliphatic rings. The minimum absolute atomic E-state index is 0.633. The third kappa shape index (κ3) is 4.55. The molecule has 0 atom stereocenters. The Morgan fingerprint density at radius 2 is 0.938 bits per heavy atom. The van der Waals surface area contributed by atoms with Gasteiger partial charge in [0.15, 0.2) is 19.4 Å². The minimum Gasteiger partial charge on any atom is -0.309 e. The van der Waals surface area contributed by atoms with E-state index in [1.807, 2.05) is 24.3 Å². The van der Waals surface area contributed by atoms with Crippen molar-refractivity contribution in [3.05, 3.63) is 199 Å². The summed E-state index contributed by atoms with van der Waals surface area (Å²) in [4.78, 5) is 7.46. The molecule has 0 fully saturated rings. The number of benzene rings is 7. The first kappa shape index (κ1) is 29.0. The monoisotopic (exact) mass is 627 g/mol. The zero-order valence-electron chi connectivity index (χ0n) is 26.1. The number of aromatic nitrogens is 1. The van der Waals surface area contributed by atoms with Crippen molar-refractivity contribution in [2.75, 3.05) is 0 Å². The number of para-hydroxylation sites is 2. The fraction of sp³-hybridized carbons (Fsp3) is 0. The molecule has 0 N–H and O–H groups in total. The molecule has 0 spiro atoms. The Hall–Kier alpha value is -6.46. The van der Waals surface area contributed by atoms with Gasteiger partial charge in [-0.25, -0.2) is 9.69 Å². The highest BCUT2D eigenvalue weighted by Gasteiger charge is 2.43. The van der Waals surface area contributed by atoms with E-state index in [1.165, 1.54) is 26.3 Å². The van der Waals surface area contributed by atoms with Crippen molar-refractivity contribution >= 4 is 62.0 Å². The summed E-state index contributed by atoms with van der Waals surface area (Å²) in [5.41, 5.74) is 6.82. The molecular formula is C44H29N3Si. The van der Waals surface area contributed by atoms with Gasteiger partial charge in [0.1, 0.15) is 0 Å². The lowest BCUT2D eigenvalue weighted by Crippen LogP contribution is -2.75. The Morgan fingerprint density at radius 1 is 0.417 bits per heavy atom. The van der Waals surface area contributed by atoms with E-state index in [0.29, 0.717) is 11.4 Å². The lowest BCUT2D eigenvalue weighted by molar-refractivity contribution is 1.18. The van der Waals surface area contributed by atoms with Crippen LogP contribution in [0.5, 0.6) is 0 Å². The van der Waals surface area contributed by atoms with Crippen molar-refractivity contribution in [2.24, 2.45) is 0 Å². The Morgan fingerprint density at radius 3 is 1.62 bits per heavy atom. The van der Waals surface area contributed by atoms with E-state index >= 15 is 0 Å². The summed E-state index contributed by atoms with van der Waals surface area (Å²) < 4.78 is 2.35. The average molecular weight is 628 g/mol. The van der Waals surface area contributed by atoms with Gasteiger partial charge in [0.2, 0.25) is 0 Å². The fourth-order valence-corrected chi connectivity index (χ4v) is 12.3. The second-order valence-electron chi connectivity index (χ2n) is 11.9. The molecule has 224 valence electrons. The lowest BCUT2D eigenvalue weighted by atomic mass is 10.0. The van der Waals surface area contributed by atoms with Gasteiger partial charge in [-0.05, 0) is 56.0 Å². The normalized spacial score (nSPS) is 11.3. The number of rotatable bonds is 6. The van der Waals surface area contributed by atoms with Crippen LogP contribution in [0.1, 0.15) is 0 Å². The van der Waals surface area contributed by atoms with Crippen molar-refractivity contribution in [3.63, 3.8) is 0 Å². The summed E-state index contributed by atoms with van der Waals surface area (Å²) in [5, 5.41) is 7.25. The number of hydrogen-bond donors (Lipinski definition) is 0. The molecule has 8 aromatic rings. The number of nitrogens with zero attached hydrogens (tertiary/aromatic N) is 3. The fourth-order valence-electron chi connectivity index (χ4n) is 7.36. The van der Waals surface area contributed by atoms with Gasteiger partial charge in [-0.15, -0.1) is 0 Å². The molecule has 0 aliphatic heterocycles. The molecule has 8 rings (SSSR count). The SMILES string of the molecule is [C-]#[N+]c1ccc([Si](c2ccccc2)(c2ccccc2)c2ccccc2-c2ccccc2-n2c3ccccc3c3cc([N+]#[C-])ccc32)cc1. The predicted molar refractivity (Wildman–Crippen MR) is 202 cm³/mol. The molecule has 0 radical (unpaired) electrons. The molecule has 0 saturated carbocycles. The summed E-state index contributed by atoms with van der Waals surface area (Å²) in [7, 11) is -2.94. The Balaban J connectivity index is 1.48. The zero-order valence-corrected chi connectivity index (χ0v) is 27.1. The molecule has 4 heteroatoms. The standard InChI is InChI=1S/C44H29N3Si/c1-45-32-25-28-36(29-26-32)48(34-15-5-3-6-16-34,35-17-7-4-8-18-35)44-24-14-11-21-39(44)37-19-9-12-22-41(37)47-42-23-13-10-20-38(42)40-31-33(46-2)27-30-43(40)47/h3-31H. The molecule has 1 heterocycles. The molecular weight excluding hydrogens is 599 g/mol. The molecule has 3 nitrogen and oxygen atoms in total.